The minimum absolute atomic E-state index is 0.200. The molecule has 0 saturated heterocycles. The molecule has 2 aromatic rings. The van der Waals surface area contributed by atoms with Crippen molar-refractivity contribution in [2.24, 2.45) is 5.92 Å². The molecule has 0 aliphatic heterocycles. The van der Waals surface area contributed by atoms with Gasteiger partial charge in [0, 0.05) is 10.9 Å². The third-order valence-electron chi connectivity index (χ3n) is 4.99. The maximum Gasteiger partial charge on any atom is 0.340 e. The van der Waals surface area contributed by atoms with E-state index in [1.165, 1.54) is 7.11 Å². The molecule has 1 N–H and O–H groups in total. The van der Waals surface area contributed by atoms with Crippen LogP contribution in [0.4, 0.5) is 0 Å². The molecule has 0 unspecified atom stereocenters. The van der Waals surface area contributed by atoms with Crippen molar-refractivity contribution in [3.05, 3.63) is 39.2 Å². The summed E-state index contributed by atoms with van der Waals surface area (Å²) in [4.78, 5) is 36.1. The average molecular weight is 374 g/mol. The second kappa shape index (κ2) is 8.24. The maximum atomic E-state index is 12.4. The largest absolute Gasteiger partial charge is 0.548 e. The summed E-state index contributed by atoms with van der Waals surface area (Å²) in [6, 6.07) is 2.43. The summed E-state index contributed by atoms with van der Waals surface area (Å²) < 4.78 is 10.7. The number of carboxylic acids is 1. The van der Waals surface area contributed by atoms with Gasteiger partial charge in [-0.15, -0.1) is 0 Å². The minimum Gasteiger partial charge on any atom is -0.548 e. The molecule has 2 rings (SSSR count). The summed E-state index contributed by atoms with van der Waals surface area (Å²) in [5, 5.41) is 14.4. The summed E-state index contributed by atoms with van der Waals surface area (Å²) >= 11 is 0. The highest BCUT2D eigenvalue weighted by atomic mass is 16.5. The number of fused-ring (bicyclic) bond motifs is 1. The van der Waals surface area contributed by atoms with Crippen LogP contribution in [0.3, 0.4) is 0 Å². The Kier molecular flexibility index (Phi) is 6.25. The van der Waals surface area contributed by atoms with E-state index in [-0.39, 0.29) is 17.9 Å². The van der Waals surface area contributed by atoms with Gasteiger partial charge in [-0.05, 0) is 37.5 Å². The maximum absolute atomic E-state index is 12.4. The molecule has 7 heteroatoms. The minimum atomic E-state index is -1.34. The van der Waals surface area contributed by atoms with E-state index >= 15 is 0 Å². The van der Waals surface area contributed by atoms with E-state index < -0.39 is 23.5 Å². The van der Waals surface area contributed by atoms with Crippen LogP contribution >= 0.6 is 0 Å². The number of ether oxygens (including phenoxy) is 1. The number of hydrogen-bond acceptors (Lipinski definition) is 6. The van der Waals surface area contributed by atoms with Crippen LogP contribution < -0.4 is 20.8 Å². The van der Waals surface area contributed by atoms with Crippen molar-refractivity contribution in [3.8, 4) is 5.75 Å². The Hall–Kier alpha value is -2.83. The monoisotopic (exact) mass is 374 g/mol. The number of aliphatic carboxylic acids is 1. The summed E-state index contributed by atoms with van der Waals surface area (Å²) in [6.45, 7) is 7.06. The van der Waals surface area contributed by atoms with Gasteiger partial charge in [-0.3, -0.25) is 4.79 Å². The van der Waals surface area contributed by atoms with E-state index in [1.54, 1.807) is 32.9 Å². The molecule has 146 valence electrons. The van der Waals surface area contributed by atoms with Crippen molar-refractivity contribution < 1.29 is 23.8 Å². The number of carbonyl (C=O) groups excluding carboxylic acids is 2. The van der Waals surface area contributed by atoms with Crippen molar-refractivity contribution in [1.29, 1.82) is 0 Å². The molecule has 0 aliphatic rings. The van der Waals surface area contributed by atoms with E-state index in [4.69, 9.17) is 9.15 Å². The van der Waals surface area contributed by atoms with E-state index in [2.05, 4.69) is 5.32 Å². The first-order valence-corrected chi connectivity index (χ1v) is 8.81. The number of carboxylic acid groups (broad SMARTS) is 1. The first-order chi connectivity index (χ1) is 12.7. The zero-order valence-electron chi connectivity index (χ0n) is 16.2. The van der Waals surface area contributed by atoms with E-state index in [0.717, 1.165) is 0 Å². The quantitative estimate of drug-likeness (QED) is 0.731. The molecule has 7 nitrogen and oxygen atoms in total. The molecule has 1 aromatic heterocycles. The Balaban J connectivity index is 2.38. The Morgan fingerprint density at radius 1 is 1.26 bits per heavy atom. The average Bonchev–Trinajstić information content (AvgIpc) is 2.63. The lowest BCUT2D eigenvalue weighted by Crippen LogP contribution is -2.51. The number of rotatable bonds is 7. The lowest BCUT2D eigenvalue weighted by atomic mass is 9.98. The number of aryl methyl sites for hydroxylation is 2. The van der Waals surface area contributed by atoms with Crippen LogP contribution in [0.2, 0.25) is 0 Å². The molecule has 0 saturated carbocycles. The molecular formula is C20H24NO6-. The van der Waals surface area contributed by atoms with Crippen molar-refractivity contribution in [3.63, 3.8) is 0 Å². The highest BCUT2D eigenvalue weighted by Gasteiger charge is 2.22. The first kappa shape index (κ1) is 20.5. The topological polar surface area (TPSA) is 109 Å². The fourth-order valence-electron chi connectivity index (χ4n) is 3.05. The van der Waals surface area contributed by atoms with Crippen molar-refractivity contribution >= 4 is 22.8 Å². The van der Waals surface area contributed by atoms with Gasteiger partial charge in [0.1, 0.15) is 11.3 Å². The molecule has 2 atom stereocenters. The van der Waals surface area contributed by atoms with Gasteiger partial charge in [-0.25, -0.2) is 4.79 Å². The van der Waals surface area contributed by atoms with Crippen LogP contribution in [0.1, 0.15) is 37.0 Å². The number of methoxy groups -OCH3 is 1. The fourth-order valence-corrected chi connectivity index (χ4v) is 3.05. The van der Waals surface area contributed by atoms with Gasteiger partial charge in [-0.1, -0.05) is 20.3 Å². The zero-order valence-corrected chi connectivity index (χ0v) is 16.2. The van der Waals surface area contributed by atoms with Crippen LogP contribution in [0.15, 0.2) is 21.3 Å². The molecule has 0 spiro atoms. The molecule has 1 aromatic carbocycles. The molecular weight excluding hydrogens is 350 g/mol. The molecule has 0 fully saturated rings. The van der Waals surface area contributed by atoms with Crippen molar-refractivity contribution in [1.82, 2.24) is 5.32 Å². The second-order valence-corrected chi connectivity index (χ2v) is 6.69. The van der Waals surface area contributed by atoms with Gasteiger partial charge in [-0.2, -0.15) is 0 Å². The van der Waals surface area contributed by atoms with E-state index in [9.17, 15) is 19.5 Å². The van der Waals surface area contributed by atoms with Gasteiger partial charge in [0.25, 0.3) is 0 Å². The molecule has 27 heavy (non-hydrogen) atoms. The standard InChI is InChI=1S/C20H25NO6/c1-6-10(2)17(19(23)24)21-16(22)9-14-11(3)13-7-8-15(26-5)12(4)18(13)27-20(14)25/h7-8,10,17H,6,9H2,1-5H3,(H,21,22)(H,23,24)/p-1/t10-,17+/m1/s1. The molecule has 1 heterocycles. The molecule has 0 radical (unpaired) electrons. The van der Waals surface area contributed by atoms with Gasteiger partial charge >= 0.3 is 5.63 Å². The van der Waals surface area contributed by atoms with Gasteiger partial charge < -0.3 is 24.4 Å². The highest BCUT2D eigenvalue weighted by molar-refractivity contribution is 5.88. The van der Waals surface area contributed by atoms with Crippen LogP contribution in [0, 0.1) is 19.8 Å². The Morgan fingerprint density at radius 3 is 2.48 bits per heavy atom. The van der Waals surface area contributed by atoms with Gasteiger partial charge in [0.15, 0.2) is 0 Å². The van der Waals surface area contributed by atoms with Crippen LogP contribution in [0.25, 0.3) is 11.0 Å². The second-order valence-electron chi connectivity index (χ2n) is 6.69. The smallest absolute Gasteiger partial charge is 0.340 e. The number of hydrogen-bond donors (Lipinski definition) is 1. The first-order valence-electron chi connectivity index (χ1n) is 8.81. The molecule has 0 aliphatic carbocycles. The zero-order chi connectivity index (χ0) is 20.3. The predicted molar refractivity (Wildman–Crippen MR) is 98.6 cm³/mol. The number of carbonyl (C=O) groups is 2. The number of amides is 1. The van der Waals surface area contributed by atoms with Gasteiger partial charge in [0.2, 0.25) is 5.91 Å². The predicted octanol–water partition coefficient (Wildman–Crippen LogP) is 1.24. The third-order valence-corrected chi connectivity index (χ3v) is 4.99. The van der Waals surface area contributed by atoms with Crippen molar-refractivity contribution in [2.45, 2.75) is 46.6 Å². The summed E-state index contributed by atoms with van der Waals surface area (Å²) in [7, 11) is 1.53. The Bertz CT molecular complexity index is 930. The Morgan fingerprint density at radius 2 is 1.93 bits per heavy atom. The van der Waals surface area contributed by atoms with Crippen LogP contribution in [-0.2, 0) is 16.0 Å². The van der Waals surface area contributed by atoms with Gasteiger partial charge in [0.05, 0.1) is 31.1 Å². The summed E-state index contributed by atoms with van der Waals surface area (Å²) in [6.07, 6.45) is 0.298. The number of benzene rings is 1. The third kappa shape index (κ3) is 4.13. The summed E-state index contributed by atoms with van der Waals surface area (Å²) in [5.41, 5.74) is 1.30. The van der Waals surface area contributed by atoms with E-state index in [1.807, 2.05) is 6.92 Å². The summed E-state index contributed by atoms with van der Waals surface area (Å²) in [5.74, 6) is -1.60. The van der Waals surface area contributed by atoms with Crippen LogP contribution in [0.5, 0.6) is 5.75 Å². The lowest BCUT2D eigenvalue weighted by molar-refractivity contribution is -0.309. The Labute approximate surface area is 157 Å². The normalized spacial score (nSPS) is 13.2. The highest BCUT2D eigenvalue weighted by Crippen LogP contribution is 2.29. The van der Waals surface area contributed by atoms with E-state index in [0.29, 0.717) is 34.3 Å². The number of nitrogens with one attached hydrogen (secondary N) is 1. The van der Waals surface area contributed by atoms with Crippen molar-refractivity contribution in [2.75, 3.05) is 7.11 Å². The SMILES string of the molecule is CC[C@@H](C)[C@H](NC(=O)Cc1c(C)c2ccc(OC)c(C)c2oc1=O)C(=O)[O-]. The lowest BCUT2D eigenvalue weighted by Gasteiger charge is -2.25. The fraction of sp³-hybridized carbons (Fsp3) is 0.450. The van der Waals surface area contributed by atoms with Crippen LogP contribution in [-0.4, -0.2) is 25.0 Å². The molecule has 1 amide bonds. The molecule has 0 bridgehead atoms.